The van der Waals surface area contributed by atoms with Crippen molar-refractivity contribution in [3.63, 3.8) is 0 Å². The fraction of sp³-hybridized carbons (Fsp3) is 0.176. The van der Waals surface area contributed by atoms with Crippen molar-refractivity contribution in [3.8, 4) is 17.2 Å². The summed E-state index contributed by atoms with van der Waals surface area (Å²) in [5.41, 5.74) is 1.16. The number of nitrogens with one attached hydrogen (secondary N) is 1. The van der Waals surface area contributed by atoms with Gasteiger partial charge < -0.3 is 14.6 Å². The minimum Gasteiger partial charge on any atom is -0.497 e. The molecule has 0 bridgehead atoms. The van der Waals surface area contributed by atoms with Crippen molar-refractivity contribution in [2.45, 2.75) is 6.42 Å². The highest BCUT2D eigenvalue weighted by molar-refractivity contribution is 5.92. The Hall–Kier alpha value is -3.22. The normalized spacial score (nSPS) is 10.4. The predicted molar refractivity (Wildman–Crippen MR) is 86.6 cm³/mol. The van der Waals surface area contributed by atoms with Crippen LogP contribution in [-0.2, 0) is 6.42 Å². The Bertz CT molecular complexity index is 817. The van der Waals surface area contributed by atoms with E-state index >= 15 is 0 Å². The van der Waals surface area contributed by atoms with Gasteiger partial charge in [-0.05, 0) is 18.2 Å². The van der Waals surface area contributed by atoms with Gasteiger partial charge in [-0.3, -0.25) is 9.78 Å². The third kappa shape index (κ3) is 3.75. The van der Waals surface area contributed by atoms with Gasteiger partial charge in [-0.25, -0.2) is 0 Å². The summed E-state index contributed by atoms with van der Waals surface area (Å²) in [6.07, 6.45) is 1.99. The van der Waals surface area contributed by atoms with Crippen LogP contribution in [0.3, 0.4) is 0 Å². The van der Waals surface area contributed by atoms with Crippen molar-refractivity contribution in [2.75, 3.05) is 13.7 Å². The van der Waals surface area contributed by atoms with Gasteiger partial charge in [0.1, 0.15) is 11.4 Å². The second-order valence-electron chi connectivity index (χ2n) is 4.97. The molecule has 2 aromatic heterocycles. The van der Waals surface area contributed by atoms with E-state index in [2.05, 4.69) is 20.4 Å². The van der Waals surface area contributed by atoms with Crippen LogP contribution in [0.2, 0.25) is 0 Å². The number of rotatable bonds is 6. The van der Waals surface area contributed by atoms with E-state index in [0.29, 0.717) is 36.1 Å². The summed E-state index contributed by atoms with van der Waals surface area (Å²) in [6.45, 7) is 0.380. The van der Waals surface area contributed by atoms with Crippen LogP contribution in [-0.4, -0.2) is 34.7 Å². The molecule has 1 N–H and O–H groups in total. The third-order valence-corrected chi connectivity index (χ3v) is 3.32. The maximum Gasteiger partial charge on any atom is 0.270 e. The minimum atomic E-state index is -0.277. The molecule has 0 radical (unpaired) electrons. The monoisotopic (exact) mass is 324 g/mol. The van der Waals surface area contributed by atoms with Crippen LogP contribution < -0.4 is 10.1 Å². The number of pyridine rings is 1. The topological polar surface area (TPSA) is 90.1 Å². The van der Waals surface area contributed by atoms with Gasteiger partial charge in [0.15, 0.2) is 5.82 Å². The first-order chi connectivity index (χ1) is 11.8. The number of ether oxygens (including phenoxy) is 1. The molecule has 0 unspecified atom stereocenters. The molecule has 24 heavy (non-hydrogen) atoms. The van der Waals surface area contributed by atoms with Gasteiger partial charge in [0, 0.05) is 30.8 Å². The molecule has 2 heterocycles. The molecule has 3 rings (SSSR count). The molecule has 0 aliphatic heterocycles. The molecule has 0 atom stereocenters. The number of carbonyl (C=O) groups is 1. The van der Waals surface area contributed by atoms with Crippen LogP contribution in [0.4, 0.5) is 0 Å². The first-order valence-electron chi connectivity index (χ1n) is 7.42. The number of benzene rings is 1. The standard InChI is InChI=1S/C17H16N4O3/c1-23-13-7-9-18-14(11-13)16(22)19-10-8-15-20-17(24-21-15)12-5-3-2-4-6-12/h2-7,9,11H,8,10H2,1H3,(H,19,22). The van der Waals surface area contributed by atoms with Gasteiger partial charge in [0.2, 0.25) is 0 Å². The zero-order valence-electron chi connectivity index (χ0n) is 13.1. The number of hydrogen-bond donors (Lipinski definition) is 1. The summed E-state index contributed by atoms with van der Waals surface area (Å²) >= 11 is 0. The zero-order valence-corrected chi connectivity index (χ0v) is 13.1. The molecule has 1 aromatic carbocycles. The Balaban J connectivity index is 1.55. The molecule has 1 amide bonds. The van der Waals surface area contributed by atoms with Crippen LogP contribution in [0.15, 0.2) is 53.2 Å². The fourth-order valence-electron chi connectivity index (χ4n) is 2.09. The molecule has 0 aliphatic carbocycles. The SMILES string of the molecule is COc1ccnc(C(=O)NCCc2noc(-c3ccccc3)n2)c1. The fourth-order valence-corrected chi connectivity index (χ4v) is 2.09. The van der Waals surface area contributed by atoms with Crippen molar-refractivity contribution < 1.29 is 14.1 Å². The van der Waals surface area contributed by atoms with E-state index < -0.39 is 0 Å². The average molecular weight is 324 g/mol. The maximum atomic E-state index is 12.0. The summed E-state index contributed by atoms with van der Waals surface area (Å²) in [6, 6.07) is 12.8. The summed E-state index contributed by atoms with van der Waals surface area (Å²) in [7, 11) is 1.54. The summed E-state index contributed by atoms with van der Waals surface area (Å²) in [5.74, 6) is 1.31. The first kappa shape index (κ1) is 15.7. The molecule has 0 saturated carbocycles. The number of aromatic nitrogens is 3. The maximum absolute atomic E-state index is 12.0. The van der Waals surface area contributed by atoms with Gasteiger partial charge in [-0.2, -0.15) is 4.98 Å². The second-order valence-corrected chi connectivity index (χ2v) is 4.97. The van der Waals surface area contributed by atoms with Gasteiger partial charge in [0.05, 0.1) is 7.11 Å². The Morgan fingerprint density at radius 3 is 2.88 bits per heavy atom. The molecular formula is C17H16N4O3. The van der Waals surface area contributed by atoms with Crippen molar-refractivity contribution in [1.29, 1.82) is 0 Å². The van der Waals surface area contributed by atoms with Crippen LogP contribution in [0.1, 0.15) is 16.3 Å². The van der Waals surface area contributed by atoms with E-state index in [9.17, 15) is 4.79 Å². The second kappa shape index (κ2) is 7.36. The summed E-state index contributed by atoms with van der Waals surface area (Å²) < 4.78 is 10.3. The van der Waals surface area contributed by atoms with Crippen LogP contribution in [0.5, 0.6) is 5.75 Å². The molecule has 0 saturated heterocycles. The molecule has 7 heteroatoms. The molecule has 122 valence electrons. The number of carbonyl (C=O) groups excluding carboxylic acids is 1. The van der Waals surface area contributed by atoms with E-state index in [1.165, 1.54) is 13.3 Å². The predicted octanol–water partition coefficient (Wildman–Crippen LogP) is 2.11. The molecule has 0 spiro atoms. The molecule has 7 nitrogen and oxygen atoms in total. The smallest absolute Gasteiger partial charge is 0.270 e. The highest BCUT2D eigenvalue weighted by Crippen LogP contribution is 2.16. The van der Waals surface area contributed by atoms with Crippen LogP contribution in [0.25, 0.3) is 11.5 Å². The largest absolute Gasteiger partial charge is 0.497 e. The lowest BCUT2D eigenvalue weighted by atomic mass is 10.2. The lowest BCUT2D eigenvalue weighted by Gasteiger charge is -2.04. The van der Waals surface area contributed by atoms with Crippen molar-refractivity contribution in [1.82, 2.24) is 20.4 Å². The zero-order chi connectivity index (χ0) is 16.8. The number of amides is 1. The Kier molecular flexibility index (Phi) is 4.81. The molecule has 0 fully saturated rings. The lowest BCUT2D eigenvalue weighted by molar-refractivity contribution is 0.0948. The first-order valence-corrected chi connectivity index (χ1v) is 7.42. The highest BCUT2D eigenvalue weighted by Gasteiger charge is 2.10. The highest BCUT2D eigenvalue weighted by atomic mass is 16.5. The van der Waals surface area contributed by atoms with Gasteiger partial charge in [-0.15, -0.1) is 0 Å². The van der Waals surface area contributed by atoms with Crippen LogP contribution in [0, 0.1) is 0 Å². The van der Waals surface area contributed by atoms with Crippen LogP contribution >= 0.6 is 0 Å². The number of methoxy groups -OCH3 is 1. The Labute approximate surface area is 138 Å². The quantitative estimate of drug-likeness (QED) is 0.747. The lowest BCUT2D eigenvalue weighted by Crippen LogP contribution is -2.26. The third-order valence-electron chi connectivity index (χ3n) is 3.32. The van der Waals surface area contributed by atoms with Crippen molar-refractivity contribution in [2.24, 2.45) is 0 Å². The average Bonchev–Trinajstić information content (AvgIpc) is 3.11. The van der Waals surface area contributed by atoms with E-state index in [1.807, 2.05) is 30.3 Å². The summed E-state index contributed by atoms with van der Waals surface area (Å²) in [4.78, 5) is 20.4. The van der Waals surface area contributed by atoms with E-state index in [1.54, 1.807) is 12.1 Å². The van der Waals surface area contributed by atoms with Gasteiger partial charge >= 0.3 is 0 Å². The van der Waals surface area contributed by atoms with Crippen molar-refractivity contribution >= 4 is 5.91 Å². The van der Waals surface area contributed by atoms with Gasteiger partial charge in [0.25, 0.3) is 11.8 Å². The summed E-state index contributed by atoms with van der Waals surface area (Å²) in [5, 5.41) is 6.69. The van der Waals surface area contributed by atoms with E-state index in [-0.39, 0.29) is 5.91 Å². The minimum absolute atomic E-state index is 0.277. The van der Waals surface area contributed by atoms with Gasteiger partial charge in [-0.1, -0.05) is 23.4 Å². The number of nitrogens with zero attached hydrogens (tertiary/aromatic N) is 3. The molecular weight excluding hydrogens is 308 g/mol. The van der Waals surface area contributed by atoms with Crippen molar-refractivity contribution in [3.05, 3.63) is 60.2 Å². The Morgan fingerprint density at radius 2 is 2.08 bits per heavy atom. The Morgan fingerprint density at radius 1 is 1.25 bits per heavy atom. The number of hydrogen-bond acceptors (Lipinski definition) is 6. The molecule has 0 aliphatic rings. The van der Waals surface area contributed by atoms with E-state index in [4.69, 9.17) is 9.26 Å². The molecule has 3 aromatic rings. The van der Waals surface area contributed by atoms with E-state index in [0.717, 1.165) is 5.56 Å².